The van der Waals surface area contributed by atoms with Crippen LogP contribution in [0.5, 0.6) is 0 Å². The zero-order valence-corrected chi connectivity index (χ0v) is 14.8. The minimum Gasteiger partial charge on any atom is -0.425 e. The first-order valence-corrected chi connectivity index (χ1v) is 8.57. The van der Waals surface area contributed by atoms with Crippen LogP contribution in [0, 0.1) is 6.92 Å². The average Bonchev–Trinajstić information content (AvgIpc) is 3.23. The lowest BCUT2D eigenvalue weighted by Crippen LogP contribution is -2.32. The van der Waals surface area contributed by atoms with Crippen molar-refractivity contribution in [2.45, 2.75) is 58.4 Å². The molecule has 1 amide bonds. The largest absolute Gasteiger partial charge is 0.425 e. The molecule has 1 saturated heterocycles. The fraction of sp³-hybridized carbons (Fsp3) is 0.647. The fourth-order valence-electron chi connectivity index (χ4n) is 3.24. The van der Waals surface area contributed by atoms with E-state index in [1.807, 2.05) is 43.5 Å². The lowest BCUT2D eigenvalue weighted by Gasteiger charge is -2.24. The third-order valence-electron chi connectivity index (χ3n) is 4.43. The lowest BCUT2D eigenvalue weighted by atomic mass is 10.2. The van der Waals surface area contributed by atoms with Crippen LogP contribution >= 0.6 is 0 Å². The second kappa shape index (κ2) is 6.75. The molecule has 7 heteroatoms. The highest BCUT2D eigenvalue weighted by molar-refractivity contribution is 5.77. The Balaban J connectivity index is 1.64. The molecule has 3 heterocycles. The van der Waals surface area contributed by atoms with Crippen LogP contribution in [0.2, 0.25) is 0 Å². The van der Waals surface area contributed by atoms with Gasteiger partial charge in [0, 0.05) is 38.5 Å². The van der Waals surface area contributed by atoms with E-state index in [0.29, 0.717) is 24.6 Å². The SMILES string of the molecule is Cc1cn(C)c(C2CCCN2C(=O)CCc2nnc(C(C)C)o2)n1. The highest BCUT2D eigenvalue weighted by Crippen LogP contribution is 2.31. The molecule has 2 aromatic rings. The summed E-state index contributed by atoms with van der Waals surface area (Å²) >= 11 is 0. The number of rotatable bonds is 5. The zero-order valence-electron chi connectivity index (χ0n) is 14.8. The number of aryl methyl sites for hydroxylation is 3. The zero-order chi connectivity index (χ0) is 17.3. The molecule has 3 rings (SSSR count). The second-order valence-electron chi connectivity index (χ2n) is 6.79. The Morgan fingerprint density at radius 1 is 1.42 bits per heavy atom. The monoisotopic (exact) mass is 331 g/mol. The molecule has 1 unspecified atom stereocenters. The number of nitrogens with zero attached hydrogens (tertiary/aromatic N) is 5. The number of hydrogen-bond donors (Lipinski definition) is 0. The molecule has 1 aliphatic rings. The first kappa shape index (κ1) is 16.7. The molecule has 0 saturated carbocycles. The van der Waals surface area contributed by atoms with Gasteiger partial charge in [0.15, 0.2) is 0 Å². The number of carbonyl (C=O) groups is 1. The van der Waals surface area contributed by atoms with Gasteiger partial charge in [-0.05, 0) is 19.8 Å². The topological polar surface area (TPSA) is 77.0 Å². The maximum absolute atomic E-state index is 12.7. The number of carbonyl (C=O) groups excluding carboxylic acids is 1. The number of likely N-dealkylation sites (tertiary alicyclic amines) is 1. The molecule has 0 bridgehead atoms. The van der Waals surface area contributed by atoms with Crippen LogP contribution in [0.25, 0.3) is 0 Å². The van der Waals surface area contributed by atoms with Crippen LogP contribution in [-0.2, 0) is 18.3 Å². The van der Waals surface area contributed by atoms with Crippen LogP contribution in [0.3, 0.4) is 0 Å². The predicted molar refractivity (Wildman–Crippen MR) is 88.3 cm³/mol. The van der Waals surface area contributed by atoms with Crippen LogP contribution in [0.15, 0.2) is 10.6 Å². The molecule has 2 aromatic heterocycles. The van der Waals surface area contributed by atoms with Crippen molar-refractivity contribution in [2.24, 2.45) is 7.05 Å². The van der Waals surface area contributed by atoms with Crippen molar-refractivity contribution in [3.8, 4) is 0 Å². The van der Waals surface area contributed by atoms with E-state index in [2.05, 4.69) is 15.2 Å². The van der Waals surface area contributed by atoms with Crippen molar-refractivity contribution in [3.63, 3.8) is 0 Å². The molecule has 1 fully saturated rings. The molecule has 1 atom stereocenters. The standard InChI is InChI=1S/C17H25N5O2/c1-11(2)17-20-19-14(24-17)7-8-15(23)22-9-5-6-13(22)16-18-12(3)10-21(16)4/h10-11,13H,5-9H2,1-4H3. The van der Waals surface area contributed by atoms with E-state index in [1.54, 1.807) is 0 Å². The molecule has 0 N–H and O–H groups in total. The number of imidazole rings is 1. The molecule has 0 aliphatic carbocycles. The number of amides is 1. The second-order valence-corrected chi connectivity index (χ2v) is 6.79. The third-order valence-corrected chi connectivity index (χ3v) is 4.43. The molecule has 7 nitrogen and oxygen atoms in total. The normalized spacial score (nSPS) is 17.9. The summed E-state index contributed by atoms with van der Waals surface area (Å²) in [5, 5.41) is 8.04. The maximum atomic E-state index is 12.7. The highest BCUT2D eigenvalue weighted by atomic mass is 16.4. The number of aromatic nitrogens is 4. The summed E-state index contributed by atoms with van der Waals surface area (Å²) in [6.07, 6.45) is 4.86. The summed E-state index contributed by atoms with van der Waals surface area (Å²) < 4.78 is 7.61. The van der Waals surface area contributed by atoms with Crippen LogP contribution < -0.4 is 0 Å². The van der Waals surface area contributed by atoms with Crippen molar-refractivity contribution in [1.29, 1.82) is 0 Å². The minimum absolute atomic E-state index is 0.0742. The van der Waals surface area contributed by atoms with E-state index in [9.17, 15) is 4.79 Å². The molecule has 1 aliphatic heterocycles. The maximum Gasteiger partial charge on any atom is 0.223 e. The molecule has 0 radical (unpaired) electrons. The highest BCUT2D eigenvalue weighted by Gasteiger charge is 2.32. The number of hydrogen-bond acceptors (Lipinski definition) is 5. The summed E-state index contributed by atoms with van der Waals surface area (Å²) in [5.41, 5.74) is 0.985. The van der Waals surface area contributed by atoms with Crippen molar-refractivity contribution >= 4 is 5.91 Å². The van der Waals surface area contributed by atoms with Gasteiger partial charge in [-0.15, -0.1) is 10.2 Å². The van der Waals surface area contributed by atoms with Gasteiger partial charge >= 0.3 is 0 Å². The Kier molecular flexibility index (Phi) is 4.69. The predicted octanol–water partition coefficient (Wildman–Crippen LogP) is 2.53. The van der Waals surface area contributed by atoms with Crippen LogP contribution in [0.4, 0.5) is 0 Å². The molecule has 24 heavy (non-hydrogen) atoms. The van der Waals surface area contributed by atoms with Crippen molar-refractivity contribution in [3.05, 3.63) is 29.5 Å². The Labute approximate surface area is 142 Å². The average molecular weight is 331 g/mol. The fourth-order valence-corrected chi connectivity index (χ4v) is 3.24. The first-order valence-electron chi connectivity index (χ1n) is 8.57. The summed E-state index contributed by atoms with van der Waals surface area (Å²) in [6, 6.07) is 0.0742. The third kappa shape index (κ3) is 3.34. The van der Waals surface area contributed by atoms with Gasteiger partial charge in [0.05, 0.1) is 11.7 Å². The van der Waals surface area contributed by atoms with E-state index >= 15 is 0 Å². The summed E-state index contributed by atoms with van der Waals surface area (Å²) in [6.45, 7) is 6.78. The van der Waals surface area contributed by atoms with Gasteiger partial charge < -0.3 is 13.9 Å². The quantitative estimate of drug-likeness (QED) is 0.841. The van der Waals surface area contributed by atoms with Gasteiger partial charge in [-0.1, -0.05) is 13.8 Å². The minimum atomic E-state index is 0.0742. The molecule has 0 spiro atoms. The Hall–Kier alpha value is -2.18. The van der Waals surface area contributed by atoms with E-state index < -0.39 is 0 Å². The summed E-state index contributed by atoms with van der Waals surface area (Å²) in [4.78, 5) is 19.2. The molecule has 0 aromatic carbocycles. The van der Waals surface area contributed by atoms with E-state index in [1.165, 1.54) is 0 Å². The Morgan fingerprint density at radius 3 is 2.83 bits per heavy atom. The van der Waals surface area contributed by atoms with Gasteiger partial charge in [-0.25, -0.2) is 4.98 Å². The van der Waals surface area contributed by atoms with Crippen molar-refractivity contribution in [1.82, 2.24) is 24.6 Å². The van der Waals surface area contributed by atoms with E-state index in [-0.39, 0.29) is 17.9 Å². The lowest BCUT2D eigenvalue weighted by molar-refractivity contribution is -0.132. The summed E-state index contributed by atoms with van der Waals surface area (Å²) in [5.74, 6) is 2.47. The summed E-state index contributed by atoms with van der Waals surface area (Å²) in [7, 11) is 1.99. The molecular formula is C17H25N5O2. The van der Waals surface area contributed by atoms with Gasteiger partial charge in [-0.2, -0.15) is 0 Å². The van der Waals surface area contributed by atoms with Crippen molar-refractivity contribution in [2.75, 3.05) is 6.54 Å². The molecule has 130 valence electrons. The van der Waals surface area contributed by atoms with Crippen LogP contribution in [0.1, 0.15) is 68.4 Å². The van der Waals surface area contributed by atoms with Gasteiger partial charge in [0.25, 0.3) is 0 Å². The Morgan fingerprint density at radius 2 is 2.21 bits per heavy atom. The van der Waals surface area contributed by atoms with Gasteiger partial charge in [0.2, 0.25) is 17.7 Å². The van der Waals surface area contributed by atoms with Gasteiger partial charge in [-0.3, -0.25) is 4.79 Å². The molecular weight excluding hydrogens is 306 g/mol. The van der Waals surface area contributed by atoms with Crippen LogP contribution in [-0.4, -0.2) is 37.1 Å². The first-order chi connectivity index (χ1) is 11.5. The Bertz CT molecular complexity index is 718. The van der Waals surface area contributed by atoms with Gasteiger partial charge in [0.1, 0.15) is 5.82 Å². The smallest absolute Gasteiger partial charge is 0.223 e. The van der Waals surface area contributed by atoms with E-state index in [0.717, 1.165) is 30.9 Å². The van der Waals surface area contributed by atoms with E-state index in [4.69, 9.17) is 4.42 Å². The van der Waals surface area contributed by atoms with Crippen molar-refractivity contribution < 1.29 is 9.21 Å².